The summed E-state index contributed by atoms with van der Waals surface area (Å²) in [5, 5.41) is 0. The molecule has 1 heterocycles. The number of nitrogens with zero attached hydrogens (tertiary/aromatic N) is 2. The van der Waals surface area contributed by atoms with E-state index in [2.05, 4.69) is 35.8 Å². The first-order valence-electron chi connectivity index (χ1n) is 9.45. The van der Waals surface area contributed by atoms with Gasteiger partial charge in [-0.15, -0.1) is 0 Å². The molecule has 1 saturated carbocycles. The maximum atomic E-state index is 5.69. The van der Waals surface area contributed by atoms with Gasteiger partial charge in [-0.05, 0) is 45.4 Å². The van der Waals surface area contributed by atoms with E-state index in [-0.39, 0.29) is 0 Å². The fourth-order valence-electron chi connectivity index (χ4n) is 4.37. The Morgan fingerprint density at radius 2 is 1.67 bits per heavy atom. The molecule has 2 aliphatic carbocycles. The van der Waals surface area contributed by atoms with Gasteiger partial charge in [0.2, 0.25) is 0 Å². The Balaban J connectivity index is 1.92. The second-order valence-electron chi connectivity index (χ2n) is 7.40. The number of fused-ring (bicyclic) bond motifs is 1. The van der Waals surface area contributed by atoms with Crippen LogP contribution in [0.2, 0.25) is 0 Å². The van der Waals surface area contributed by atoms with E-state index >= 15 is 0 Å². The van der Waals surface area contributed by atoms with Crippen LogP contribution in [0.5, 0.6) is 0 Å². The van der Waals surface area contributed by atoms with Crippen LogP contribution in [0.4, 0.5) is 0 Å². The fraction of sp³-hybridized carbons (Fsp3) is 0.524. The van der Waals surface area contributed by atoms with Crippen molar-refractivity contribution in [3.05, 3.63) is 45.7 Å². The van der Waals surface area contributed by atoms with Gasteiger partial charge in [-0.1, -0.05) is 61.3 Å². The maximum absolute atomic E-state index is 5.69. The average Bonchev–Trinajstić information content (AvgIpc) is 2.63. The molecule has 0 spiro atoms. The van der Waals surface area contributed by atoms with Gasteiger partial charge in [0.15, 0.2) is 0 Å². The third kappa shape index (κ3) is 2.95. The van der Waals surface area contributed by atoms with E-state index in [1.165, 1.54) is 67.3 Å². The summed E-state index contributed by atoms with van der Waals surface area (Å²) in [6.45, 7) is 2.14. The number of aromatic nitrogens is 2. The number of rotatable bonds is 2. The van der Waals surface area contributed by atoms with Crippen LogP contribution in [0, 0.1) is 11.6 Å². The molecule has 24 heavy (non-hydrogen) atoms. The minimum atomic E-state index is 0.602. The van der Waals surface area contributed by atoms with Crippen molar-refractivity contribution in [1.29, 1.82) is 0 Å². The van der Waals surface area contributed by atoms with Gasteiger partial charge >= 0.3 is 0 Å². The predicted molar refractivity (Wildman–Crippen MR) is 102 cm³/mol. The van der Waals surface area contributed by atoms with Crippen molar-refractivity contribution in [3.8, 4) is 11.4 Å². The number of benzene rings is 1. The Hall–Kier alpha value is -1.48. The summed E-state index contributed by atoms with van der Waals surface area (Å²) < 4.78 is 3.43. The van der Waals surface area contributed by atoms with E-state index in [0.29, 0.717) is 6.04 Å². The lowest BCUT2D eigenvalue weighted by molar-refractivity contribution is 0.341. The second kappa shape index (κ2) is 6.79. The van der Waals surface area contributed by atoms with E-state index in [9.17, 15) is 0 Å². The first-order valence-corrected chi connectivity index (χ1v) is 9.86. The fourth-order valence-corrected chi connectivity index (χ4v) is 4.68. The Labute approximate surface area is 149 Å². The standard InChI is InChI=1S/C21H26N2S/c1-15-11-13-16(14-12-15)20-22-21(24)18-9-5-6-10-19(18)23(20)17-7-3-2-4-8-17/h11-14,17H,2-10H2,1H3. The summed E-state index contributed by atoms with van der Waals surface area (Å²) >= 11 is 5.69. The summed E-state index contributed by atoms with van der Waals surface area (Å²) in [6.07, 6.45) is 11.5. The third-order valence-electron chi connectivity index (χ3n) is 5.67. The summed E-state index contributed by atoms with van der Waals surface area (Å²) in [5.41, 5.74) is 5.35. The van der Waals surface area contributed by atoms with Crippen molar-refractivity contribution in [2.75, 3.05) is 0 Å². The quantitative estimate of drug-likeness (QED) is 0.628. The topological polar surface area (TPSA) is 17.8 Å². The normalized spacial score (nSPS) is 18.4. The molecule has 1 fully saturated rings. The van der Waals surface area contributed by atoms with Gasteiger partial charge < -0.3 is 4.57 Å². The van der Waals surface area contributed by atoms with Gasteiger partial charge in [0, 0.05) is 22.9 Å². The summed E-state index contributed by atoms with van der Waals surface area (Å²) in [6, 6.07) is 9.39. The molecule has 0 unspecified atom stereocenters. The van der Waals surface area contributed by atoms with E-state index < -0.39 is 0 Å². The highest BCUT2D eigenvalue weighted by molar-refractivity contribution is 7.71. The largest absolute Gasteiger partial charge is 0.326 e. The first kappa shape index (κ1) is 16.0. The minimum Gasteiger partial charge on any atom is -0.326 e. The second-order valence-corrected chi connectivity index (χ2v) is 7.79. The molecule has 0 N–H and O–H groups in total. The van der Waals surface area contributed by atoms with Crippen LogP contribution in [0.3, 0.4) is 0 Å². The lowest BCUT2D eigenvalue weighted by Gasteiger charge is -2.32. The molecule has 126 valence electrons. The molecule has 2 aromatic rings. The van der Waals surface area contributed by atoms with Crippen molar-refractivity contribution < 1.29 is 0 Å². The van der Waals surface area contributed by atoms with Gasteiger partial charge in [-0.2, -0.15) is 0 Å². The number of hydrogen-bond donors (Lipinski definition) is 0. The molecule has 2 aliphatic rings. The zero-order valence-corrected chi connectivity index (χ0v) is 15.4. The molecule has 3 heteroatoms. The highest BCUT2D eigenvalue weighted by Gasteiger charge is 2.25. The van der Waals surface area contributed by atoms with E-state index in [1.807, 2.05) is 0 Å². The van der Waals surface area contributed by atoms with Crippen LogP contribution < -0.4 is 0 Å². The Bertz CT molecular complexity index is 783. The molecule has 0 aliphatic heterocycles. The van der Waals surface area contributed by atoms with Crippen LogP contribution in [0.1, 0.15) is 67.8 Å². The molecule has 0 amide bonds. The van der Waals surface area contributed by atoms with Gasteiger partial charge in [0.25, 0.3) is 0 Å². The smallest absolute Gasteiger partial charge is 0.142 e. The summed E-state index contributed by atoms with van der Waals surface area (Å²) in [7, 11) is 0. The van der Waals surface area contributed by atoms with Gasteiger partial charge in [0.05, 0.1) is 0 Å². The zero-order chi connectivity index (χ0) is 16.5. The van der Waals surface area contributed by atoms with Crippen molar-refractivity contribution in [3.63, 3.8) is 0 Å². The highest BCUT2D eigenvalue weighted by Crippen LogP contribution is 2.36. The van der Waals surface area contributed by atoms with Crippen LogP contribution in [0.15, 0.2) is 24.3 Å². The Morgan fingerprint density at radius 1 is 0.958 bits per heavy atom. The zero-order valence-electron chi connectivity index (χ0n) is 14.6. The third-order valence-corrected chi connectivity index (χ3v) is 6.01. The maximum Gasteiger partial charge on any atom is 0.142 e. The number of hydrogen-bond acceptors (Lipinski definition) is 2. The molecule has 2 nitrogen and oxygen atoms in total. The molecular weight excluding hydrogens is 312 g/mol. The minimum absolute atomic E-state index is 0.602. The van der Waals surface area contributed by atoms with Crippen molar-refractivity contribution in [2.24, 2.45) is 0 Å². The van der Waals surface area contributed by atoms with Crippen LogP contribution in [-0.2, 0) is 12.8 Å². The molecule has 0 radical (unpaired) electrons. The molecule has 1 aromatic carbocycles. The molecule has 0 bridgehead atoms. The summed E-state index contributed by atoms with van der Waals surface area (Å²) in [4.78, 5) is 4.94. The predicted octanol–water partition coefficient (Wildman–Crippen LogP) is 5.97. The average molecular weight is 339 g/mol. The van der Waals surface area contributed by atoms with E-state index in [4.69, 9.17) is 17.2 Å². The molecule has 0 atom stereocenters. The molecule has 4 rings (SSSR count). The first-order chi connectivity index (χ1) is 11.7. The van der Waals surface area contributed by atoms with Crippen molar-refractivity contribution in [1.82, 2.24) is 9.55 Å². The monoisotopic (exact) mass is 338 g/mol. The van der Waals surface area contributed by atoms with Crippen LogP contribution in [0.25, 0.3) is 11.4 Å². The molecule has 1 aromatic heterocycles. The van der Waals surface area contributed by atoms with Crippen molar-refractivity contribution in [2.45, 2.75) is 70.8 Å². The van der Waals surface area contributed by atoms with E-state index in [1.54, 1.807) is 0 Å². The van der Waals surface area contributed by atoms with E-state index in [0.717, 1.165) is 23.3 Å². The van der Waals surface area contributed by atoms with Gasteiger partial charge in [-0.25, -0.2) is 4.98 Å². The SMILES string of the molecule is Cc1ccc(-c2nc(=S)c3c(n2C2CCCCC2)CCCC3)cc1. The number of aryl methyl sites for hydroxylation is 1. The van der Waals surface area contributed by atoms with Gasteiger partial charge in [-0.3, -0.25) is 0 Å². The summed E-state index contributed by atoms with van der Waals surface area (Å²) in [5.74, 6) is 1.10. The van der Waals surface area contributed by atoms with Crippen LogP contribution in [-0.4, -0.2) is 9.55 Å². The Kier molecular flexibility index (Phi) is 4.53. The Morgan fingerprint density at radius 3 is 2.42 bits per heavy atom. The van der Waals surface area contributed by atoms with Crippen molar-refractivity contribution >= 4 is 12.2 Å². The lowest BCUT2D eigenvalue weighted by Crippen LogP contribution is -2.23. The highest BCUT2D eigenvalue weighted by atomic mass is 32.1. The molecular formula is C21H26N2S. The van der Waals surface area contributed by atoms with Crippen LogP contribution >= 0.6 is 12.2 Å². The molecule has 0 saturated heterocycles. The van der Waals surface area contributed by atoms with Gasteiger partial charge in [0.1, 0.15) is 10.5 Å². The lowest BCUT2D eigenvalue weighted by atomic mass is 9.91.